The summed E-state index contributed by atoms with van der Waals surface area (Å²) in [5.74, 6) is 0. The Bertz CT molecular complexity index is 3790. The number of benzene rings is 10. The van der Waals surface area contributed by atoms with Gasteiger partial charge in [-0.25, -0.2) is 0 Å². The monoisotopic (exact) mass is 885 g/mol. The van der Waals surface area contributed by atoms with Crippen LogP contribution in [-0.4, -0.2) is 4.57 Å². The minimum Gasteiger partial charge on any atom is -0.310 e. The molecule has 0 aliphatic heterocycles. The zero-order valence-corrected chi connectivity index (χ0v) is 39.4. The van der Waals surface area contributed by atoms with E-state index in [1.807, 2.05) is 0 Å². The molecule has 1 heterocycles. The number of fused-ring (bicyclic) bond motifs is 9. The first-order valence-corrected chi connectivity index (χ1v) is 24.2. The summed E-state index contributed by atoms with van der Waals surface area (Å²) in [5, 5.41) is 2.44. The second-order valence-corrected chi connectivity index (χ2v) is 19.8. The van der Waals surface area contributed by atoms with Gasteiger partial charge in [0.2, 0.25) is 0 Å². The Morgan fingerprint density at radius 3 is 1.39 bits per heavy atom. The minimum atomic E-state index is -0.156. The molecule has 330 valence electrons. The van der Waals surface area contributed by atoms with Crippen molar-refractivity contribution < 1.29 is 0 Å². The second kappa shape index (κ2) is 15.6. The van der Waals surface area contributed by atoms with Crippen molar-refractivity contribution in [3.8, 4) is 39.1 Å². The summed E-state index contributed by atoms with van der Waals surface area (Å²) >= 11 is 0. The van der Waals surface area contributed by atoms with Crippen molar-refractivity contribution in [3.05, 3.63) is 259 Å². The first-order chi connectivity index (χ1) is 33.8. The van der Waals surface area contributed by atoms with Gasteiger partial charge in [0.25, 0.3) is 0 Å². The van der Waals surface area contributed by atoms with Gasteiger partial charge in [0.05, 0.1) is 16.7 Å². The maximum absolute atomic E-state index is 2.47. The fourth-order valence-corrected chi connectivity index (χ4v) is 11.8. The number of hydrogen-bond acceptors (Lipinski definition) is 2. The first kappa shape index (κ1) is 40.8. The van der Waals surface area contributed by atoms with Gasteiger partial charge in [-0.1, -0.05) is 167 Å². The van der Waals surface area contributed by atoms with E-state index in [1.165, 1.54) is 66.3 Å². The van der Waals surface area contributed by atoms with Crippen LogP contribution in [0.2, 0.25) is 0 Å². The number of anilines is 6. The molecule has 2 aliphatic rings. The Kier molecular flexibility index (Phi) is 9.22. The van der Waals surface area contributed by atoms with Gasteiger partial charge in [0, 0.05) is 61.3 Å². The standard InChI is InChI=1S/C66H51N3/c1-65(2)58-29-17-14-26-51(58)53-36-33-49(42-60(53)65)67(45-20-8-5-9-21-45)48-35-39-63(56(41-48)44-32-38-64-57(40-44)55-28-16-19-31-62(55)69(64)47-24-12-7-13-25-47)68(46-22-10-6-11-23-46)50-34-37-54-52-27-15-18-30-59(52)66(3,4)61(54)43-50/h5-43H,1-4H3. The van der Waals surface area contributed by atoms with Crippen molar-refractivity contribution in [2.75, 3.05) is 9.80 Å². The Morgan fingerprint density at radius 2 is 0.768 bits per heavy atom. The average molecular weight is 886 g/mol. The highest BCUT2D eigenvalue weighted by Gasteiger charge is 2.37. The highest BCUT2D eigenvalue weighted by Crippen LogP contribution is 2.54. The molecule has 0 unspecified atom stereocenters. The SMILES string of the molecule is CC1(C)c2ccccc2-c2ccc(N(c3ccccc3)c3ccc(N(c4ccccc4)c4ccc5c(c4)C(C)(C)c4ccccc4-5)c(-c4ccc5c(c4)c4ccccc4n5-c4ccccc4)c3)cc21. The van der Waals surface area contributed by atoms with E-state index >= 15 is 0 Å². The lowest BCUT2D eigenvalue weighted by Gasteiger charge is -2.32. The molecule has 0 amide bonds. The Morgan fingerprint density at radius 1 is 0.304 bits per heavy atom. The largest absolute Gasteiger partial charge is 0.310 e. The van der Waals surface area contributed by atoms with Gasteiger partial charge in [-0.3, -0.25) is 0 Å². The van der Waals surface area contributed by atoms with Crippen molar-refractivity contribution in [3.63, 3.8) is 0 Å². The van der Waals surface area contributed by atoms with Crippen molar-refractivity contribution in [1.82, 2.24) is 4.57 Å². The summed E-state index contributed by atoms with van der Waals surface area (Å²) in [4.78, 5) is 4.91. The molecule has 0 fully saturated rings. The summed E-state index contributed by atoms with van der Waals surface area (Å²) in [6.07, 6.45) is 0. The van der Waals surface area contributed by atoms with Gasteiger partial charge < -0.3 is 14.4 Å². The van der Waals surface area contributed by atoms with Gasteiger partial charge >= 0.3 is 0 Å². The van der Waals surface area contributed by atoms with Crippen LogP contribution in [0.1, 0.15) is 49.9 Å². The van der Waals surface area contributed by atoms with E-state index in [4.69, 9.17) is 0 Å². The molecule has 0 bridgehead atoms. The maximum Gasteiger partial charge on any atom is 0.0541 e. The molecule has 10 aromatic carbocycles. The maximum atomic E-state index is 2.47. The minimum absolute atomic E-state index is 0.143. The van der Waals surface area contributed by atoms with Gasteiger partial charge in [-0.2, -0.15) is 0 Å². The molecule has 0 saturated carbocycles. The van der Waals surface area contributed by atoms with Crippen molar-refractivity contribution >= 4 is 55.9 Å². The molecule has 69 heavy (non-hydrogen) atoms. The van der Waals surface area contributed by atoms with E-state index in [9.17, 15) is 0 Å². The van der Waals surface area contributed by atoms with Crippen LogP contribution < -0.4 is 9.80 Å². The van der Waals surface area contributed by atoms with Crippen LogP contribution >= 0.6 is 0 Å². The predicted molar refractivity (Wildman–Crippen MR) is 291 cm³/mol. The molecule has 2 aliphatic carbocycles. The van der Waals surface area contributed by atoms with Gasteiger partial charge in [0.1, 0.15) is 0 Å². The molecule has 0 atom stereocenters. The molecule has 0 radical (unpaired) electrons. The third-order valence-electron chi connectivity index (χ3n) is 15.2. The van der Waals surface area contributed by atoms with Crippen molar-refractivity contribution in [2.45, 2.75) is 38.5 Å². The molecule has 3 nitrogen and oxygen atoms in total. The van der Waals surface area contributed by atoms with Gasteiger partial charge in [-0.15, -0.1) is 0 Å². The molecular weight excluding hydrogens is 835 g/mol. The average Bonchev–Trinajstić information content (AvgIpc) is 3.94. The molecule has 1 aromatic heterocycles. The highest BCUT2D eigenvalue weighted by molar-refractivity contribution is 6.11. The lowest BCUT2D eigenvalue weighted by molar-refractivity contribution is 0.660. The fourth-order valence-electron chi connectivity index (χ4n) is 11.8. The Hall–Kier alpha value is -8.40. The molecule has 0 spiro atoms. The molecule has 13 rings (SSSR count). The van der Waals surface area contributed by atoms with Crippen LogP contribution in [0.5, 0.6) is 0 Å². The lowest BCUT2D eigenvalue weighted by atomic mass is 9.82. The van der Waals surface area contributed by atoms with Gasteiger partial charge in [0.15, 0.2) is 0 Å². The van der Waals surface area contributed by atoms with E-state index in [0.29, 0.717) is 0 Å². The number of rotatable bonds is 8. The normalized spacial score (nSPS) is 13.7. The van der Waals surface area contributed by atoms with E-state index < -0.39 is 0 Å². The number of nitrogens with zero attached hydrogens (tertiary/aromatic N) is 3. The Labute approximate surface area is 404 Å². The van der Waals surface area contributed by atoms with Crippen LogP contribution in [0, 0.1) is 0 Å². The third kappa shape index (κ3) is 6.34. The number of para-hydroxylation sites is 4. The zero-order valence-electron chi connectivity index (χ0n) is 39.4. The molecular formula is C66H51N3. The second-order valence-electron chi connectivity index (χ2n) is 19.8. The van der Waals surface area contributed by atoms with Crippen LogP contribution in [-0.2, 0) is 10.8 Å². The molecule has 3 heteroatoms. The van der Waals surface area contributed by atoms with Crippen molar-refractivity contribution in [2.24, 2.45) is 0 Å². The van der Waals surface area contributed by atoms with Crippen LogP contribution in [0.25, 0.3) is 60.9 Å². The zero-order chi connectivity index (χ0) is 46.4. The van der Waals surface area contributed by atoms with Crippen LogP contribution in [0.15, 0.2) is 237 Å². The number of aromatic nitrogens is 1. The summed E-state index contributed by atoms with van der Waals surface area (Å²) in [6, 6.07) is 87.5. The molecule has 11 aromatic rings. The highest BCUT2D eigenvalue weighted by atomic mass is 15.2. The summed E-state index contributed by atoms with van der Waals surface area (Å²) in [7, 11) is 0. The third-order valence-corrected chi connectivity index (χ3v) is 15.2. The first-order valence-electron chi connectivity index (χ1n) is 24.2. The van der Waals surface area contributed by atoms with E-state index in [2.05, 4.69) is 279 Å². The summed E-state index contributed by atoms with van der Waals surface area (Å²) in [5.41, 5.74) is 22.8. The molecule has 0 saturated heterocycles. The number of hydrogen-bond donors (Lipinski definition) is 0. The van der Waals surface area contributed by atoms with Crippen LogP contribution in [0.3, 0.4) is 0 Å². The fraction of sp³-hybridized carbons (Fsp3) is 0.0909. The lowest BCUT2D eigenvalue weighted by Crippen LogP contribution is -2.17. The van der Waals surface area contributed by atoms with E-state index in [1.54, 1.807) is 0 Å². The topological polar surface area (TPSA) is 11.4 Å². The van der Waals surface area contributed by atoms with Crippen LogP contribution in [0.4, 0.5) is 34.1 Å². The van der Waals surface area contributed by atoms with E-state index in [0.717, 1.165) is 50.9 Å². The smallest absolute Gasteiger partial charge is 0.0541 e. The molecule has 0 N–H and O–H groups in total. The van der Waals surface area contributed by atoms with E-state index in [-0.39, 0.29) is 10.8 Å². The predicted octanol–water partition coefficient (Wildman–Crippen LogP) is 18.0. The quantitative estimate of drug-likeness (QED) is 0.151. The summed E-state index contributed by atoms with van der Waals surface area (Å²) < 4.78 is 2.40. The van der Waals surface area contributed by atoms with Crippen molar-refractivity contribution in [1.29, 1.82) is 0 Å². The summed E-state index contributed by atoms with van der Waals surface area (Å²) in [6.45, 7) is 9.46. The Balaban J connectivity index is 1.06. The van der Waals surface area contributed by atoms with Gasteiger partial charge in [-0.05, 0) is 147 Å².